The summed E-state index contributed by atoms with van der Waals surface area (Å²) in [7, 11) is 3.24. The number of nitrogens with zero attached hydrogens (tertiary/aromatic N) is 1. The minimum Gasteiger partial charge on any atom is -0.493 e. The van der Waals surface area contributed by atoms with Crippen LogP contribution in [0.5, 0.6) is 11.5 Å². The molecule has 0 bridgehead atoms. The van der Waals surface area contributed by atoms with E-state index < -0.39 is 0 Å². The van der Waals surface area contributed by atoms with Gasteiger partial charge >= 0.3 is 0 Å². The molecule has 0 aliphatic heterocycles. The first kappa shape index (κ1) is 19.0. The van der Waals surface area contributed by atoms with E-state index in [9.17, 15) is 4.39 Å². The lowest BCUT2D eigenvalue weighted by Gasteiger charge is -2.14. The molecule has 1 aliphatic carbocycles. The van der Waals surface area contributed by atoms with Crippen molar-refractivity contribution >= 4 is 5.96 Å². The van der Waals surface area contributed by atoms with Crippen molar-refractivity contribution in [2.75, 3.05) is 27.3 Å². The Kier molecular flexibility index (Phi) is 5.84. The van der Waals surface area contributed by atoms with E-state index in [0.29, 0.717) is 30.5 Å². The van der Waals surface area contributed by atoms with Crippen LogP contribution in [0, 0.1) is 5.82 Å². The number of benzene rings is 2. The van der Waals surface area contributed by atoms with Crippen molar-refractivity contribution in [2.45, 2.75) is 24.7 Å². The lowest BCUT2D eigenvalue weighted by Crippen LogP contribution is -2.34. The molecule has 0 saturated heterocycles. The third kappa shape index (κ3) is 4.70. The van der Waals surface area contributed by atoms with Gasteiger partial charge in [0.1, 0.15) is 5.82 Å². The van der Waals surface area contributed by atoms with E-state index in [4.69, 9.17) is 15.2 Å². The quantitative estimate of drug-likeness (QED) is 0.553. The molecule has 144 valence electrons. The van der Waals surface area contributed by atoms with Crippen LogP contribution in [0.2, 0.25) is 0 Å². The van der Waals surface area contributed by atoms with Crippen LogP contribution in [-0.4, -0.2) is 33.3 Å². The number of rotatable bonds is 8. The first-order chi connectivity index (χ1) is 13.1. The van der Waals surface area contributed by atoms with E-state index in [2.05, 4.69) is 10.3 Å². The molecule has 1 fully saturated rings. The summed E-state index contributed by atoms with van der Waals surface area (Å²) < 4.78 is 24.0. The molecule has 0 atom stereocenters. The highest BCUT2D eigenvalue weighted by Gasteiger charge is 2.44. The van der Waals surface area contributed by atoms with Crippen LogP contribution >= 0.6 is 0 Å². The van der Waals surface area contributed by atoms with Gasteiger partial charge in [0, 0.05) is 12.0 Å². The number of methoxy groups -OCH3 is 2. The molecule has 0 spiro atoms. The van der Waals surface area contributed by atoms with Gasteiger partial charge in [0.15, 0.2) is 17.5 Å². The van der Waals surface area contributed by atoms with E-state index >= 15 is 0 Å². The van der Waals surface area contributed by atoms with Crippen LogP contribution in [0.25, 0.3) is 0 Å². The van der Waals surface area contributed by atoms with Crippen LogP contribution < -0.4 is 20.5 Å². The summed E-state index contributed by atoms with van der Waals surface area (Å²) in [4.78, 5) is 4.47. The molecular weight excluding hydrogens is 345 g/mol. The number of guanidine groups is 1. The molecule has 2 aromatic rings. The smallest absolute Gasteiger partial charge is 0.188 e. The summed E-state index contributed by atoms with van der Waals surface area (Å²) in [5.41, 5.74) is 8.07. The first-order valence-corrected chi connectivity index (χ1v) is 9.07. The lowest BCUT2D eigenvalue weighted by atomic mass is 9.96. The molecule has 5 nitrogen and oxygen atoms in total. The number of halogens is 1. The van der Waals surface area contributed by atoms with Gasteiger partial charge in [-0.05, 0) is 54.7 Å². The number of nitrogens with two attached hydrogens (primary N) is 1. The monoisotopic (exact) mass is 371 g/mol. The Morgan fingerprint density at radius 2 is 1.93 bits per heavy atom. The van der Waals surface area contributed by atoms with Crippen LogP contribution in [0.4, 0.5) is 4.39 Å². The Bertz CT molecular complexity index is 819. The van der Waals surface area contributed by atoms with E-state index in [1.807, 2.05) is 24.3 Å². The van der Waals surface area contributed by atoms with Gasteiger partial charge in [-0.2, -0.15) is 0 Å². The molecule has 3 N–H and O–H groups in total. The number of ether oxygens (including phenoxy) is 2. The summed E-state index contributed by atoms with van der Waals surface area (Å²) in [5, 5.41) is 3.14. The highest BCUT2D eigenvalue weighted by molar-refractivity contribution is 5.77. The normalized spacial score (nSPS) is 15.3. The Morgan fingerprint density at radius 3 is 2.59 bits per heavy atom. The zero-order chi connectivity index (χ0) is 19.3. The van der Waals surface area contributed by atoms with Crippen molar-refractivity contribution in [3.8, 4) is 11.5 Å². The summed E-state index contributed by atoms with van der Waals surface area (Å²) in [6, 6.07) is 12.6. The van der Waals surface area contributed by atoms with E-state index in [1.54, 1.807) is 26.4 Å². The first-order valence-electron chi connectivity index (χ1n) is 9.07. The van der Waals surface area contributed by atoms with E-state index in [1.165, 1.54) is 6.07 Å². The average molecular weight is 371 g/mol. The molecule has 0 radical (unpaired) electrons. The maximum atomic E-state index is 13.5. The van der Waals surface area contributed by atoms with Gasteiger partial charge in [0.25, 0.3) is 0 Å². The third-order valence-corrected chi connectivity index (χ3v) is 5.01. The highest BCUT2D eigenvalue weighted by atomic mass is 19.1. The van der Waals surface area contributed by atoms with Gasteiger partial charge in [-0.25, -0.2) is 4.39 Å². The van der Waals surface area contributed by atoms with Gasteiger partial charge in [-0.1, -0.05) is 18.2 Å². The third-order valence-electron chi connectivity index (χ3n) is 5.01. The molecule has 1 saturated carbocycles. The summed E-state index contributed by atoms with van der Waals surface area (Å²) in [6.45, 7) is 1.24. The second-order valence-electron chi connectivity index (χ2n) is 6.86. The predicted octanol–water partition coefficient (Wildman–Crippen LogP) is 3.02. The molecule has 0 heterocycles. The fourth-order valence-electron chi connectivity index (χ4n) is 3.17. The van der Waals surface area contributed by atoms with Gasteiger partial charge < -0.3 is 20.5 Å². The van der Waals surface area contributed by atoms with Crippen LogP contribution in [0.3, 0.4) is 0 Å². The van der Waals surface area contributed by atoms with Crippen molar-refractivity contribution in [3.63, 3.8) is 0 Å². The van der Waals surface area contributed by atoms with E-state index in [0.717, 1.165) is 30.4 Å². The fraction of sp³-hybridized carbons (Fsp3) is 0.381. The van der Waals surface area contributed by atoms with Gasteiger partial charge in [-0.15, -0.1) is 0 Å². The minimum absolute atomic E-state index is 0.0578. The molecule has 2 aromatic carbocycles. The van der Waals surface area contributed by atoms with Gasteiger partial charge in [0.2, 0.25) is 0 Å². The highest BCUT2D eigenvalue weighted by Crippen LogP contribution is 2.48. The zero-order valence-corrected chi connectivity index (χ0v) is 15.8. The van der Waals surface area contributed by atoms with Crippen LogP contribution in [0.15, 0.2) is 47.5 Å². The lowest BCUT2D eigenvalue weighted by molar-refractivity contribution is 0.354. The molecule has 0 aromatic heterocycles. The molecule has 3 rings (SSSR count). The van der Waals surface area contributed by atoms with Crippen molar-refractivity contribution in [1.29, 1.82) is 0 Å². The Hall–Kier alpha value is -2.76. The standard InChI is InChI=1S/C21H26FN3O2/c1-26-18-7-6-15(12-19(18)27-2)8-11-24-20(23)25-14-21(9-10-21)16-4-3-5-17(22)13-16/h3-7,12-13H,8-11,14H2,1-2H3,(H3,23,24,25). The summed E-state index contributed by atoms with van der Waals surface area (Å²) in [5.74, 6) is 1.63. The van der Waals surface area contributed by atoms with Crippen LogP contribution in [-0.2, 0) is 11.8 Å². The Labute approximate surface area is 159 Å². The minimum atomic E-state index is -0.205. The summed E-state index contributed by atoms with van der Waals surface area (Å²) >= 11 is 0. The predicted molar refractivity (Wildman–Crippen MR) is 105 cm³/mol. The SMILES string of the molecule is COc1ccc(CCNC(N)=NCC2(c3cccc(F)c3)CC2)cc1OC. The average Bonchev–Trinajstić information content (AvgIpc) is 3.47. The molecule has 6 heteroatoms. The van der Waals surface area contributed by atoms with Crippen molar-refractivity contribution in [3.05, 3.63) is 59.4 Å². The van der Waals surface area contributed by atoms with Gasteiger partial charge in [0.05, 0.1) is 20.8 Å². The topological polar surface area (TPSA) is 68.9 Å². The molecule has 0 amide bonds. The van der Waals surface area contributed by atoms with Crippen molar-refractivity contribution in [1.82, 2.24) is 5.32 Å². The van der Waals surface area contributed by atoms with Crippen molar-refractivity contribution in [2.24, 2.45) is 10.7 Å². The molecule has 0 unspecified atom stereocenters. The second kappa shape index (κ2) is 8.29. The molecule has 27 heavy (non-hydrogen) atoms. The number of hydrogen-bond acceptors (Lipinski definition) is 3. The summed E-state index contributed by atoms with van der Waals surface area (Å²) in [6.07, 6.45) is 2.81. The second-order valence-corrected chi connectivity index (χ2v) is 6.86. The fourth-order valence-corrected chi connectivity index (χ4v) is 3.17. The van der Waals surface area contributed by atoms with Gasteiger partial charge in [-0.3, -0.25) is 4.99 Å². The largest absolute Gasteiger partial charge is 0.493 e. The number of nitrogens with one attached hydrogen (secondary N) is 1. The molecular formula is C21H26FN3O2. The Morgan fingerprint density at radius 1 is 1.15 bits per heavy atom. The Balaban J connectivity index is 1.52. The van der Waals surface area contributed by atoms with Crippen LogP contribution in [0.1, 0.15) is 24.0 Å². The maximum Gasteiger partial charge on any atom is 0.188 e. The number of aliphatic imine (C=N–C) groups is 1. The maximum absolute atomic E-state index is 13.5. The van der Waals surface area contributed by atoms with E-state index in [-0.39, 0.29) is 11.2 Å². The van der Waals surface area contributed by atoms with Crippen molar-refractivity contribution < 1.29 is 13.9 Å². The number of hydrogen-bond donors (Lipinski definition) is 2. The molecule has 1 aliphatic rings. The zero-order valence-electron chi connectivity index (χ0n) is 15.8.